The maximum atomic E-state index is 5.65. The van der Waals surface area contributed by atoms with Gasteiger partial charge in [0.05, 0.1) is 6.54 Å². The summed E-state index contributed by atoms with van der Waals surface area (Å²) in [7, 11) is 2.13. The third-order valence-electron chi connectivity index (χ3n) is 5.34. The van der Waals surface area contributed by atoms with Crippen molar-refractivity contribution in [3.8, 4) is 0 Å². The van der Waals surface area contributed by atoms with Gasteiger partial charge in [-0.15, -0.1) is 11.3 Å². The summed E-state index contributed by atoms with van der Waals surface area (Å²) in [5.41, 5.74) is 1.46. The Kier molecular flexibility index (Phi) is 7.30. The first-order valence-electron chi connectivity index (χ1n) is 9.88. The van der Waals surface area contributed by atoms with Gasteiger partial charge in [-0.25, -0.2) is 0 Å². The smallest absolute Gasteiger partial charge is 0.193 e. The zero-order valence-electron chi connectivity index (χ0n) is 16.5. The summed E-state index contributed by atoms with van der Waals surface area (Å²) in [6.45, 7) is 6.40. The number of nitrogens with zero attached hydrogens (tertiary/aromatic N) is 2. The van der Waals surface area contributed by atoms with E-state index in [4.69, 9.17) is 9.73 Å². The van der Waals surface area contributed by atoms with Crippen LogP contribution in [0.3, 0.4) is 0 Å². The Morgan fingerprint density at radius 3 is 2.63 bits per heavy atom. The summed E-state index contributed by atoms with van der Waals surface area (Å²) in [6.07, 6.45) is 3.11. The van der Waals surface area contributed by atoms with Crippen molar-refractivity contribution in [1.29, 1.82) is 0 Å². The topological polar surface area (TPSA) is 36.9 Å². The molecule has 27 heavy (non-hydrogen) atoms. The molecular weight excluding hydrogens is 354 g/mol. The molecule has 0 radical (unpaired) electrons. The van der Waals surface area contributed by atoms with Crippen molar-refractivity contribution >= 4 is 17.3 Å². The number of likely N-dealkylation sites (N-methyl/N-ethyl adjacent to an activating group) is 1. The van der Waals surface area contributed by atoms with Crippen LogP contribution in [0.25, 0.3) is 0 Å². The molecule has 1 N–H and O–H groups in total. The molecule has 1 aromatic carbocycles. The number of guanidine groups is 1. The van der Waals surface area contributed by atoms with Gasteiger partial charge in [0.2, 0.25) is 0 Å². The van der Waals surface area contributed by atoms with E-state index in [0.29, 0.717) is 0 Å². The second-order valence-corrected chi connectivity index (χ2v) is 8.21. The number of rotatable bonds is 7. The van der Waals surface area contributed by atoms with Crippen molar-refractivity contribution in [2.75, 3.05) is 39.9 Å². The molecule has 2 heterocycles. The highest BCUT2D eigenvalue weighted by Gasteiger charge is 2.34. The van der Waals surface area contributed by atoms with Crippen LogP contribution in [0, 0.1) is 0 Å². The standard InChI is InChI=1S/C22H31N3OS/c1-3-23-21(25(2)14-11-20-10-7-17-27-20)24-18-22(12-15-26-16-13-22)19-8-5-4-6-9-19/h4-10,17H,3,11-16,18H2,1-2H3,(H,23,24). The molecule has 0 aliphatic carbocycles. The molecule has 3 rings (SSSR count). The van der Waals surface area contributed by atoms with Crippen molar-refractivity contribution in [2.24, 2.45) is 4.99 Å². The van der Waals surface area contributed by atoms with Gasteiger partial charge in [-0.3, -0.25) is 4.99 Å². The molecule has 0 bridgehead atoms. The highest BCUT2D eigenvalue weighted by molar-refractivity contribution is 7.09. The van der Waals surface area contributed by atoms with Crippen LogP contribution in [0.1, 0.15) is 30.2 Å². The summed E-state index contributed by atoms with van der Waals surface area (Å²) >= 11 is 1.82. The maximum Gasteiger partial charge on any atom is 0.193 e. The number of hydrogen-bond acceptors (Lipinski definition) is 3. The lowest BCUT2D eigenvalue weighted by Gasteiger charge is -2.37. The third-order valence-corrected chi connectivity index (χ3v) is 6.27. The van der Waals surface area contributed by atoms with Gasteiger partial charge < -0.3 is 15.0 Å². The predicted octanol–water partition coefficient (Wildman–Crippen LogP) is 3.94. The Morgan fingerprint density at radius 1 is 1.19 bits per heavy atom. The van der Waals surface area contributed by atoms with Crippen LogP contribution in [0.4, 0.5) is 0 Å². The summed E-state index contributed by atoms with van der Waals surface area (Å²) in [4.78, 5) is 8.74. The lowest BCUT2D eigenvalue weighted by atomic mass is 9.74. The average molecular weight is 386 g/mol. The number of thiophene rings is 1. The van der Waals surface area contributed by atoms with E-state index in [0.717, 1.165) is 58.1 Å². The maximum absolute atomic E-state index is 5.65. The van der Waals surface area contributed by atoms with Crippen LogP contribution < -0.4 is 5.32 Å². The molecule has 0 atom stereocenters. The number of ether oxygens (including phenoxy) is 1. The fourth-order valence-electron chi connectivity index (χ4n) is 3.63. The van der Waals surface area contributed by atoms with E-state index in [1.807, 2.05) is 11.3 Å². The lowest BCUT2D eigenvalue weighted by Crippen LogP contribution is -2.42. The van der Waals surface area contributed by atoms with Gasteiger partial charge in [-0.2, -0.15) is 0 Å². The van der Waals surface area contributed by atoms with Gasteiger partial charge >= 0.3 is 0 Å². The van der Waals surface area contributed by atoms with Crippen LogP contribution in [0.5, 0.6) is 0 Å². The predicted molar refractivity (Wildman–Crippen MR) is 115 cm³/mol. The zero-order chi connectivity index (χ0) is 19.0. The van der Waals surface area contributed by atoms with Gasteiger partial charge in [0.1, 0.15) is 0 Å². The van der Waals surface area contributed by atoms with Crippen molar-refractivity contribution in [2.45, 2.75) is 31.6 Å². The van der Waals surface area contributed by atoms with Crippen LogP contribution in [0.15, 0.2) is 52.8 Å². The molecule has 2 aromatic rings. The largest absolute Gasteiger partial charge is 0.381 e. The van der Waals surface area contributed by atoms with Gasteiger partial charge in [0.15, 0.2) is 5.96 Å². The molecule has 1 aliphatic heterocycles. The molecule has 1 aromatic heterocycles. The van der Waals surface area contributed by atoms with E-state index in [9.17, 15) is 0 Å². The average Bonchev–Trinajstić information content (AvgIpc) is 3.24. The molecule has 0 amide bonds. The molecule has 0 unspecified atom stereocenters. The first-order chi connectivity index (χ1) is 13.2. The van der Waals surface area contributed by atoms with Crippen LogP contribution in [0.2, 0.25) is 0 Å². The molecule has 0 saturated carbocycles. The van der Waals surface area contributed by atoms with Crippen molar-refractivity contribution in [1.82, 2.24) is 10.2 Å². The second kappa shape index (κ2) is 9.90. The van der Waals surface area contributed by atoms with E-state index in [2.05, 4.69) is 72.0 Å². The van der Waals surface area contributed by atoms with Gasteiger partial charge in [-0.1, -0.05) is 36.4 Å². The zero-order valence-corrected chi connectivity index (χ0v) is 17.3. The SMILES string of the molecule is CCNC(=NCC1(c2ccccc2)CCOCC1)N(C)CCc1cccs1. The minimum Gasteiger partial charge on any atom is -0.381 e. The third kappa shape index (κ3) is 5.33. The van der Waals surface area contributed by atoms with Gasteiger partial charge in [-0.05, 0) is 43.2 Å². The molecule has 1 aliphatic rings. The monoisotopic (exact) mass is 385 g/mol. The quantitative estimate of drug-likeness (QED) is 0.579. The number of benzene rings is 1. The highest BCUT2D eigenvalue weighted by atomic mass is 32.1. The minimum absolute atomic E-state index is 0.0781. The Balaban J connectivity index is 1.72. The highest BCUT2D eigenvalue weighted by Crippen LogP contribution is 2.35. The van der Waals surface area contributed by atoms with E-state index < -0.39 is 0 Å². The van der Waals surface area contributed by atoms with Crippen molar-refractivity contribution in [3.05, 3.63) is 58.3 Å². The fraction of sp³-hybridized carbons (Fsp3) is 0.500. The van der Waals surface area contributed by atoms with Crippen LogP contribution >= 0.6 is 11.3 Å². The van der Waals surface area contributed by atoms with E-state index in [1.54, 1.807) is 0 Å². The molecule has 0 spiro atoms. The summed E-state index contributed by atoms with van der Waals surface area (Å²) in [5, 5.41) is 5.61. The molecule has 4 nitrogen and oxygen atoms in total. The molecule has 146 valence electrons. The lowest BCUT2D eigenvalue weighted by molar-refractivity contribution is 0.0530. The Bertz CT molecular complexity index is 694. The Hall–Kier alpha value is -1.85. The normalized spacial score (nSPS) is 16.9. The minimum atomic E-state index is 0.0781. The summed E-state index contributed by atoms with van der Waals surface area (Å²) in [6, 6.07) is 15.2. The van der Waals surface area contributed by atoms with Gasteiger partial charge in [0.25, 0.3) is 0 Å². The number of nitrogens with one attached hydrogen (secondary N) is 1. The van der Waals surface area contributed by atoms with E-state index in [1.165, 1.54) is 10.4 Å². The molecule has 1 fully saturated rings. The van der Waals surface area contributed by atoms with Crippen LogP contribution in [-0.4, -0.2) is 50.8 Å². The molecular formula is C22H31N3OS. The van der Waals surface area contributed by atoms with E-state index >= 15 is 0 Å². The van der Waals surface area contributed by atoms with Crippen LogP contribution in [-0.2, 0) is 16.6 Å². The Morgan fingerprint density at radius 2 is 1.96 bits per heavy atom. The first kappa shape index (κ1) is 19.9. The number of hydrogen-bond donors (Lipinski definition) is 1. The second-order valence-electron chi connectivity index (χ2n) is 7.18. The molecule has 1 saturated heterocycles. The fourth-order valence-corrected chi connectivity index (χ4v) is 4.32. The van der Waals surface area contributed by atoms with E-state index in [-0.39, 0.29) is 5.41 Å². The summed E-state index contributed by atoms with van der Waals surface area (Å²) < 4.78 is 5.65. The summed E-state index contributed by atoms with van der Waals surface area (Å²) in [5.74, 6) is 0.996. The number of aliphatic imine (C=N–C) groups is 1. The van der Waals surface area contributed by atoms with Gasteiger partial charge in [0, 0.05) is 43.6 Å². The molecule has 5 heteroatoms. The first-order valence-corrected chi connectivity index (χ1v) is 10.8. The Labute approximate surface area is 167 Å². The van der Waals surface area contributed by atoms with Crippen molar-refractivity contribution in [3.63, 3.8) is 0 Å². The van der Waals surface area contributed by atoms with Crippen molar-refractivity contribution < 1.29 is 4.74 Å².